The predicted octanol–water partition coefficient (Wildman–Crippen LogP) is 1.87. The fourth-order valence-electron chi connectivity index (χ4n) is 2.63. The zero-order valence-electron chi connectivity index (χ0n) is 11.9. The molecule has 0 atom stereocenters. The second-order valence-electron chi connectivity index (χ2n) is 5.01. The maximum Gasteiger partial charge on any atom is 0.270 e. The molecule has 0 aromatic carbocycles. The van der Waals surface area contributed by atoms with E-state index in [0.29, 0.717) is 18.8 Å². The molecule has 0 unspecified atom stereocenters. The van der Waals surface area contributed by atoms with Crippen molar-refractivity contribution >= 4 is 27.7 Å². The number of nitrogens with zero attached hydrogens (tertiary/aromatic N) is 2. The normalized spacial score (nSPS) is 16.2. The van der Waals surface area contributed by atoms with Gasteiger partial charge in [0.25, 0.3) is 5.91 Å². The van der Waals surface area contributed by atoms with E-state index in [1.165, 1.54) is 0 Å². The smallest absolute Gasteiger partial charge is 0.270 e. The van der Waals surface area contributed by atoms with Gasteiger partial charge in [0.2, 0.25) is 5.91 Å². The SMILES string of the molecule is CCn1cc(Br)cc1C(=O)N1CCC(C(=O)NC)CC1. The number of hydrogen-bond acceptors (Lipinski definition) is 2. The molecule has 0 aliphatic carbocycles. The quantitative estimate of drug-likeness (QED) is 0.912. The number of aryl methyl sites for hydroxylation is 1. The molecule has 2 heterocycles. The molecule has 0 radical (unpaired) electrons. The van der Waals surface area contributed by atoms with E-state index < -0.39 is 0 Å². The number of aromatic nitrogens is 1. The van der Waals surface area contributed by atoms with Crippen LogP contribution in [-0.2, 0) is 11.3 Å². The number of hydrogen-bond donors (Lipinski definition) is 1. The van der Waals surface area contributed by atoms with Crippen LogP contribution in [0.1, 0.15) is 30.3 Å². The van der Waals surface area contributed by atoms with Gasteiger partial charge in [-0.2, -0.15) is 0 Å². The first kappa shape index (κ1) is 15.1. The number of nitrogens with one attached hydrogen (secondary N) is 1. The molecule has 6 heteroatoms. The third-order valence-electron chi connectivity index (χ3n) is 3.82. The highest BCUT2D eigenvalue weighted by Crippen LogP contribution is 2.21. The van der Waals surface area contributed by atoms with Crippen molar-refractivity contribution in [2.75, 3.05) is 20.1 Å². The van der Waals surface area contributed by atoms with Crippen LogP contribution < -0.4 is 5.32 Å². The predicted molar refractivity (Wildman–Crippen MR) is 80.5 cm³/mol. The number of likely N-dealkylation sites (tertiary alicyclic amines) is 1. The number of carbonyl (C=O) groups excluding carboxylic acids is 2. The Balaban J connectivity index is 2.03. The molecule has 1 aliphatic heterocycles. The highest BCUT2D eigenvalue weighted by Gasteiger charge is 2.28. The van der Waals surface area contributed by atoms with Crippen molar-refractivity contribution in [2.24, 2.45) is 5.92 Å². The maximum absolute atomic E-state index is 12.5. The van der Waals surface area contributed by atoms with Crippen LogP contribution in [0.5, 0.6) is 0 Å². The van der Waals surface area contributed by atoms with E-state index in [1.807, 2.05) is 28.7 Å². The number of halogens is 1. The van der Waals surface area contributed by atoms with Crippen LogP contribution in [0.3, 0.4) is 0 Å². The lowest BCUT2D eigenvalue weighted by molar-refractivity contribution is -0.125. The molecule has 1 N–H and O–H groups in total. The Kier molecular flexibility index (Phi) is 4.86. The van der Waals surface area contributed by atoms with Crippen LogP contribution in [0.2, 0.25) is 0 Å². The van der Waals surface area contributed by atoms with Gasteiger partial charge in [-0.15, -0.1) is 0 Å². The maximum atomic E-state index is 12.5. The molecule has 2 rings (SSSR count). The van der Waals surface area contributed by atoms with Crippen molar-refractivity contribution in [3.63, 3.8) is 0 Å². The number of piperidine rings is 1. The lowest BCUT2D eigenvalue weighted by Gasteiger charge is -2.31. The summed E-state index contributed by atoms with van der Waals surface area (Å²) in [4.78, 5) is 26.0. The minimum absolute atomic E-state index is 0.0359. The molecule has 110 valence electrons. The standard InChI is InChI=1S/C14H20BrN3O2/c1-3-17-9-11(15)8-12(17)14(20)18-6-4-10(5-7-18)13(19)16-2/h8-10H,3-7H2,1-2H3,(H,16,19). The van der Waals surface area contributed by atoms with E-state index in [-0.39, 0.29) is 17.7 Å². The Bertz CT molecular complexity index is 505. The minimum Gasteiger partial charge on any atom is -0.359 e. The van der Waals surface area contributed by atoms with Gasteiger partial charge in [0.15, 0.2) is 0 Å². The fraction of sp³-hybridized carbons (Fsp3) is 0.571. The summed E-state index contributed by atoms with van der Waals surface area (Å²) in [5.41, 5.74) is 0.706. The van der Waals surface area contributed by atoms with Crippen molar-refractivity contribution in [1.29, 1.82) is 0 Å². The van der Waals surface area contributed by atoms with Crippen LogP contribution in [0.4, 0.5) is 0 Å². The molecule has 1 saturated heterocycles. The first-order valence-electron chi connectivity index (χ1n) is 6.93. The second-order valence-corrected chi connectivity index (χ2v) is 5.93. The summed E-state index contributed by atoms with van der Waals surface area (Å²) in [6.45, 7) is 4.06. The van der Waals surface area contributed by atoms with Crippen molar-refractivity contribution in [1.82, 2.24) is 14.8 Å². The summed E-state index contributed by atoms with van der Waals surface area (Å²) in [6, 6.07) is 1.86. The van der Waals surface area contributed by atoms with E-state index in [4.69, 9.17) is 0 Å². The first-order chi connectivity index (χ1) is 9.56. The topological polar surface area (TPSA) is 54.3 Å². The van der Waals surface area contributed by atoms with Gasteiger partial charge >= 0.3 is 0 Å². The Morgan fingerprint density at radius 3 is 2.60 bits per heavy atom. The molecule has 0 saturated carbocycles. The molecule has 2 amide bonds. The first-order valence-corrected chi connectivity index (χ1v) is 7.72. The van der Waals surface area contributed by atoms with Gasteiger partial charge in [-0.25, -0.2) is 0 Å². The molecular weight excluding hydrogens is 322 g/mol. The van der Waals surface area contributed by atoms with Gasteiger partial charge in [0.1, 0.15) is 5.69 Å². The van der Waals surface area contributed by atoms with Gasteiger partial charge in [0.05, 0.1) is 0 Å². The molecule has 1 aliphatic rings. The Morgan fingerprint density at radius 1 is 1.40 bits per heavy atom. The molecule has 1 fully saturated rings. The third-order valence-corrected chi connectivity index (χ3v) is 4.26. The van der Waals surface area contributed by atoms with Crippen LogP contribution in [0.15, 0.2) is 16.7 Å². The zero-order valence-corrected chi connectivity index (χ0v) is 13.4. The molecule has 1 aromatic heterocycles. The summed E-state index contributed by atoms with van der Waals surface area (Å²) >= 11 is 3.41. The van der Waals surface area contributed by atoms with Gasteiger partial charge in [-0.3, -0.25) is 9.59 Å². The summed E-state index contributed by atoms with van der Waals surface area (Å²) < 4.78 is 2.86. The third kappa shape index (κ3) is 3.06. The van der Waals surface area contributed by atoms with Crippen molar-refractivity contribution in [3.8, 4) is 0 Å². The van der Waals surface area contributed by atoms with Crippen LogP contribution in [0.25, 0.3) is 0 Å². The fourth-order valence-corrected chi connectivity index (χ4v) is 3.09. The number of carbonyl (C=O) groups is 2. The Morgan fingerprint density at radius 2 is 2.05 bits per heavy atom. The van der Waals surface area contributed by atoms with E-state index in [9.17, 15) is 9.59 Å². The van der Waals surface area contributed by atoms with Gasteiger partial charge in [-0.05, 0) is 41.8 Å². The summed E-state index contributed by atoms with van der Waals surface area (Å²) in [6.07, 6.45) is 3.39. The second kappa shape index (κ2) is 6.43. The molecule has 20 heavy (non-hydrogen) atoms. The van der Waals surface area contributed by atoms with E-state index in [0.717, 1.165) is 23.9 Å². The van der Waals surface area contributed by atoms with Crippen LogP contribution in [-0.4, -0.2) is 41.4 Å². The van der Waals surface area contributed by atoms with Crippen molar-refractivity contribution in [2.45, 2.75) is 26.3 Å². The Labute approximate surface area is 127 Å². The van der Waals surface area contributed by atoms with Crippen molar-refractivity contribution < 1.29 is 9.59 Å². The molecule has 5 nitrogen and oxygen atoms in total. The monoisotopic (exact) mass is 341 g/mol. The van der Waals surface area contributed by atoms with E-state index in [2.05, 4.69) is 21.2 Å². The van der Waals surface area contributed by atoms with Gasteiger partial charge in [-0.1, -0.05) is 0 Å². The number of amides is 2. The summed E-state index contributed by atoms with van der Waals surface area (Å²) in [7, 11) is 1.66. The molecule has 1 aromatic rings. The lowest BCUT2D eigenvalue weighted by Crippen LogP contribution is -2.42. The number of rotatable bonds is 3. The van der Waals surface area contributed by atoms with Gasteiger partial charge in [0, 0.05) is 43.3 Å². The van der Waals surface area contributed by atoms with E-state index in [1.54, 1.807) is 7.05 Å². The average molecular weight is 342 g/mol. The van der Waals surface area contributed by atoms with Crippen LogP contribution >= 0.6 is 15.9 Å². The largest absolute Gasteiger partial charge is 0.359 e. The minimum atomic E-state index is 0.0359. The summed E-state index contributed by atoms with van der Waals surface area (Å²) in [5, 5.41) is 2.68. The van der Waals surface area contributed by atoms with Crippen LogP contribution in [0, 0.1) is 5.92 Å². The molecule has 0 bridgehead atoms. The highest BCUT2D eigenvalue weighted by molar-refractivity contribution is 9.10. The van der Waals surface area contributed by atoms with Crippen molar-refractivity contribution in [3.05, 3.63) is 22.4 Å². The zero-order chi connectivity index (χ0) is 14.7. The van der Waals surface area contributed by atoms with Gasteiger partial charge < -0.3 is 14.8 Å². The Hall–Kier alpha value is -1.30. The summed E-state index contributed by atoms with van der Waals surface area (Å²) in [5.74, 6) is 0.165. The lowest BCUT2D eigenvalue weighted by atomic mass is 9.96. The highest BCUT2D eigenvalue weighted by atomic mass is 79.9. The molecular formula is C14H20BrN3O2. The molecule has 0 spiro atoms. The van der Waals surface area contributed by atoms with E-state index >= 15 is 0 Å². The average Bonchev–Trinajstić information content (AvgIpc) is 2.87.